The maximum Gasteiger partial charge on any atom is -0.0102 e. The van der Waals surface area contributed by atoms with Crippen molar-refractivity contribution >= 4 is 0 Å². The lowest BCUT2D eigenvalue weighted by atomic mass is 9.65. The first-order valence-corrected chi connectivity index (χ1v) is 6.87. The van der Waals surface area contributed by atoms with Crippen LogP contribution in [-0.2, 0) is 6.42 Å². The van der Waals surface area contributed by atoms with E-state index in [1.807, 2.05) is 0 Å². The maximum atomic E-state index is 2.54. The number of hydrogen-bond acceptors (Lipinski definition) is 0. The average Bonchev–Trinajstić information content (AvgIpc) is 2.74. The quantitative estimate of drug-likeness (QED) is 0.636. The first-order valence-electron chi connectivity index (χ1n) is 6.87. The molecule has 0 heterocycles. The molecule has 3 rings (SSSR count). The fourth-order valence-electron chi connectivity index (χ4n) is 3.99. The van der Waals surface area contributed by atoms with E-state index in [2.05, 4.69) is 31.2 Å². The number of rotatable bonds is 1. The Morgan fingerprint density at radius 1 is 1.06 bits per heavy atom. The summed E-state index contributed by atoms with van der Waals surface area (Å²) in [5.74, 6) is 0.851. The molecule has 0 nitrogen and oxygen atoms in total. The zero-order chi connectivity index (χ0) is 11.0. The monoisotopic (exact) mass is 214 g/mol. The highest BCUT2D eigenvalue weighted by molar-refractivity contribution is 5.36. The molecule has 1 aromatic rings. The summed E-state index contributed by atoms with van der Waals surface area (Å²) in [6.07, 6.45) is 9.98. The molecular weight excluding hydrogens is 192 g/mol. The molecule has 0 heteroatoms. The van der Waals surface area contributed by atoms with Crippen molar-refractivity contribution < 1.29 is 0 Å². The van der Waals surface area contributed by atoms with E-state index in [0.717, 1.165) is 5.92 Å². The van der Waals surface area contributed by atoms with E-state index >= 15 is 0 Å². The Hall–Kier alpha value is -0.780. The summed E-state index contributed by atoms with van der Waals surface area (Å²) in [4.78, 5) is 0. The normalized spacial score (nSPS) is 27.7. The molecule has 16 heavy (non-hydrogen) atoms. The first-order chi connectivity index (χ1) is 7.80. The molecule has 0 saturated heterocycles. The van der Waals surface area contributed by atoms with Crippen LogP contribution in [0.2, 0.25) is 0 Å². The number of aryl methyl sites for hydroxylation is 1. The predicted molar refractivity (Wildman–Crippen MR) is 68.7 cm³/mol. The molecule has 1 unspecified atom stereocenters. The second kappa shape index (κ2) is 3.91. The van der Waals surface area contributed by atoms with E-state index in [9.17, 15) is 0 Å². The van der Waals surface area contributed by atoms with Crippen molar-refractivity contribution in [3.63, 3.8) is 0 Å². The second-order valence-electron chi connectivity index (χ2n) is 6.00. The third-order valence-corrected chi connectivity index (χ3v) is 4.97. The lowest BCUT2D eigenvalue weighted by Crippen LogP contribution is -2.27. The molecule has 86 valence electrons. The van der Waals surface area contributed by atoms with E-state index in [4.69, 9.17) is 0 Å². The highest BCUT2D eigenvalue weighted by Crippen LogP contribution is 2.52. The van der Waals surface area contributed by atoms with Crippen LogP contribution < -0.4 is 0 Å². The zero-order valence-electron chi connectivity index (χ0n) is 10.3. The van der Waals surface area contributed by atoms with E-state index < -0.39 is 0 Å². The minimum absolute atomic E-state index is 0.602. The van der Waals surface area contributed by atoms with Crippen LogP contribution in [0.3, 0.4) is 0 Å². The van der Waals surface area contributed by atoms with Crippen molar-refractivity contribution in [1.29, 1.82) is 0 Å². The van der Waals surface area contributed by atoms with Crippen molar-refractivity contribution in [2.75, 3.05) is 0 Å². The molecule has 1 saturated carbocycles. The molecule has 2 aliphatic carbocycles. The standard InChI is InChI=1S/C16H22/c1-16(11-5-2-6-12-16)15-10-9-13-7-3-4-8-14(13)15/h3-4,7-8,15H,2,5-6,9-12H2,1H3. The Balaban J connectivity index is 1.91. The van der Waals surface area contributed by atoms with Gasteiger partial charge in [0, 0.05) is 0 Å². The van der Waals surface area contributed by atoms with Gasteiger partial charge in [-0.15, -0.1) is 0 Å². The lowest BCUT2D eigenvalue weighted by molar-refractivity contribution is 0.167. The Bertz CT molecular complexity index is 371. The largest absolute Gasteiger partial charge is 0.0620 e. The van der Waals surface area contributed by atoms with Gasteiger partial charge in [-0.25, -0.2) is 0 Å². The van der Waals surface area contributed by atoms with Gasteiger partial charge in [-0.1, -0.05) is 50.5 Å². The average molecular weight is 214 g/mol. The molecule has 0 aromatic heterocycles. The topological polar surface area (TPSA) is 0 Å². The van der Waals surface area contributed by atoms with Crippen LogP contribution >= 0.6 is 0 Å². The Kier molecular flexibility index (Phi) is 2.53. The van der Waals surface area contributed by atoms with Crippen LogP contribution in [-0.4, -0.2) is 0 Å². The maximum absolute atomic E-state index is 2.54. The highest BCUT2D eigenvalue weighted by atomic mass is 14.4. The van der Waals surface area contributed by atoms with E-state index in [1.165, 1.54) is 44.9 Å². The van der Waals surface area contributed by atoms with Gasteiger partial charge in [0.05, 0.1) is 0 Å². The summed E-state index contributed by atoms with van der Waals surface area (Å²) in [6, 6.07) is 9.14. The van der Waals surface area contributed by atoms with Gasteiger partial charge in [0.2, 0.25) is 0 Å². The van der Waals surface area contributed by atoms with Crippen LogP contribution in [0, 0.1) is 5.41 Å². The van der Waals surface area contributed by atoms with Crippen LogP contribution in [0.1, 0.15) is 62.5 Å². The highest BCUT2D eigenvalue weighted by Gasteiger charge is 2.39. The summed E-state index contributed by atoms with van der Waals surface area (Å²) in [5.41, 5.74) is 3.90. The second-order valence-corrected chi connectivity index (χ2v) is 6.00. The molecule has 0 bridgehead atoms. The molecule has 0 aliphatic heterocycles. The third kappa shape index (κ3) is 1.59. The molecule has 0 amide bonds. The van der Waals surface area contributed by atoms with Gasteiger partial charge in [-0.3, -0.25) is 0 Å². The summed E-state index contributed by atoms with van der Waals surface area (Å²) in [7, 11) is 0. The summed E-state index contributed by atoms with van der Waals surface area (Å²) < 4.78 is 0. The van der Waals surface area contributed by atoms with Crippen LogP contribution in [0.15, 0.2) is 24.3 Å². The van der Waals surface area contributed by atoms with E-state index in [1.54, 1.807) is 11.1 Å². The van der Waals surface area contributed by atoms with Crippen molar-refractivity contribution in [2.45, 2.75) is 57.8 Å². The molecule has 0 spiro atoms. The van der Waals surface area contributed by atoms with Gasteiger partial charge in [-0.2, -0.15) is 0 Å². The SMILES string of the molecule is CC1(C2CCc3ccccc32)CCCCC1. The van der Waals surface area contributed by atoms with Crippen LogP contribution in [0.25, 0.3) is 0 Å². The summed E-state index contributed by atoms with van der Waals surface area (Å²) >= 11 is 0. The fourth-order valence-corrected chi connectivity index (χ4v) is 3.99. The van der Waals surface area contributed by atoms with Crippen LogP contribution in [0.5, 0.6) is 0 Å². The number of fused-ring (bicyclic) bond motifs is 1. The Morgan fingerprint density at radius 2 is 1.81 bits per heavy atom. The third-order valence-electron chi connectivity index (χ3n) is 4.97. The van der Waals surface area contributed by atoms with Gasteiger partial charge in [0.15, 0.2) is 0 Å². The van der Waals surface area contributed by atoms with Gasteiger partial charge in [-0.05, 0) is 48.1 Å². The van der Waals surface area contributed by atoms with Gasteiger partial charge in [0.25, 0.3) is 0 Å². The summed E-state index contributed by atoms with van der Waals surface area (Å²) in [6.45, 7) is 2.54. The Labute approximate surface area is 99.1 Å². The molecule has 2 aliphatic rings. The minimum Gasteiger partial charge on any atom is -0.0620 e. The summed E-state index contributed by atoms with van der Waals surface area (Å²) in [5, 5.41) is 0. The van der Waals surface area contributed by atoms with Crippen molar-refractivity contribution in [1.82, 2.24) is 0 Å². The molecule has 0 N–H and O–H groups in total. The fraction of sp³-hybridized carbons (Fsp3) is 0.625. The van der Waals surface area contributed by atoms with Crippen LogP contribution in [0.4, 0.5) is 0 Å². The molecule has 1 atom stereocenters. The van der Waals surface area contributed by atoms with E-state index in [0.29, 0.717) is 5.41 Å². The number of hydrogen-bond donors (Lipinski definition) is 0. The van der Waals surface area contributed by atoms with Crippen molar-refractivity contribution in [3.05, 3.63) is 35.4 Å². The molecule has 1 aromatic carbocycles. The van der Waals surface area contributed by atoms with Crippen molar-refractivity contribution in [2.24, 2.45) is 5.41 Å². The predicted octanol–water partition coefficient (Wildman–Crippen LogP) is 4.69. The van der Waals surface area contributed by atoms with Gasteiger partial charge in [0.1, 0.15) is 0 Å². The van der Waals surface area contributed by atoms with Gasteiger partial charge < -0.3 is 0 Å². The Morgan fingerprint density at radius 3 is 2.62 bits per heavy atom. The zero-order valence-corrected chi connectivity index (χ0v) is 10.3. The minimum atomic E-state index is 0.602. The first kappa shape index (κ1) is 10.4. The van der Waals surface area contributed by atoms with E-state index in [-0.39, 0.29) is 0 Å². The molecular formula is C16H22. The smallest absolute Gasteiger partial charge is 0.0102 e. The molecule has 0 radical (unpaired) electrons. The lowest BCUT2D eigenvalue weighted by Gasteiger charge is -2.39. The molecule has 1 fully saturated rings. The van der Waals surface area contributed by atoms with Crippen molar-refractivity contribution in [3.8, 4) is 0 Å². The van der Waals surface area contributed by atoms with Gasteiger partial charge >= 0.3 is 0 Å². The number of benzene rings is 1.